The number of benzene rings is 1. The number of hydrogen-bond donors (Lipinski definition) is 0. The summed E-state index contributed by atoms with van der Waals surface area (Å²) < 4.78 is 6.81. The van der Waals surface area contributed by atoms with Gasteiger partial charge in [0, 0.05) is 0 Å². The number of nitrogens with zero attached hydrogens (tertiary/aromatic N) is 1. The van der Waals surface area contributed by atoms with Gasteiger partial charge in [0.05, 0.1) is 26.2 Å². The van der Waals surface area contributed by atoms with Crippen LogP contribution >= 0.6 is 0 Å². The number of para-hydroxylation sites is 1. The van der Waals surface area contributed by atoms with E-state index >= 15 is 0 Å². The van der Waals surface area contributed by atoms with E-state index in [1.807, 2.05) is 0 Å². The van der Waals surface area contributed by atoms with E-state index in [1.54, 1.807) is 0 Å². The van der Waals surface area contributed by atoms with Crippen molar-refractivity contribution in [3.05, 3.63) is 29.3 Å². The zero-order valence-electron chi connectivity index (χ0n) is 10.5. The second kappa shape index (κ2) is 4.92. The van der Waals surface area contributed by atoms with Crippen molar-refractivity contribution in [2.75, 3.05) is 27.2 Å². The minimum Gasteiger partial charge on any atom is -1.00 e. The molecule has 3 heteroatoms. The van der Waals surface area contributed by atoms with Crippen LogP contribution in [0, 0.1) is 6.92 Å². The normalized spacial score (nSPS) is 18.6. The van der Waals surface area contributed by atoms with E-state index in [0.29, 0.717) is 6.04 Å². The van der Waals surface area contributed by atoms with Crippen LogP contribution in [0.3, 0.4) is 0 Å². The van der Waals surface area contributed by atoms with Crippen molar-refractivity contribution in [3.8, 4) is 5.75 Å². The molecular weight excluding hydrogens is 313 g/mol. The van der Waals surface area contributed by atoms with E-state index in [1.165, 1.54) is 11.1 Å². The molecule has 0 saturated carbocycles. The molecule has 0 amide bonds. The fourth-order valence-corrected chi connectivity index (χ4v) is 2.19. The molecule has 0 aromatic heterocycles. The van der Waals surface area contributed by atoms with Crippen LogP contribution in [-0.4, -0.2) is 31.7 Å². The van der Waals surface area contributed by atoms with Gasteiger partial charge in [0.15, 0.2) is 6.04 Å². The molecule has 0 fully saturated rings. The predicted octanol–water partition coefficient (Wildman–Crippen LogP) is -0.471. The molecule has 2 nitrogen and oxygen atoms in total. The van der Waals surface area contributed by atoms with Crippen molar-refractivity contribution < 1.29 is 33.2 Å². The fraction of sp³-hybridized carbons (Fsp3) is 0.538. The SMILES string of the molecule is CC[N+](C)(C)C1COc2c(C)cccc21.[I-]. The van der Waals surface area contributed by atoms with Crippen molar-refractivity contribution in [1.82, 2.24) is 0 Å². The monoisotopic (exact) mass is 333 g/mol. The first-order chi connectivity index (χ1) is 7.06. The predicted molar refractivity (Wildman–Crippen MR) is 62.1 cm³/mol. The van der Waals surface area contributed by atoms with Crippen LogP contribution in [0.4, 0.5) is 0 Å². The van der Waals surface area contributed by atoms with E-state index in [-0.39, 0.29) is 24.0 Å². The molecule has 16 heavy (non-hydrogen) atoms. The number of rotatable bonds is 2. The van der Waals surface area contributed by atoms with Gasteiger partial charge in [0.1, 0.15) is 12.4 Å². The van der Waals surface area contributed by atoms with Gasteiger partial charge in [-0.25, -0.2) is 0 Å². The number of likely N-dealkylation sites (N-methyl/N-ethyl adjacent to an activating group) is 1. The maximum atomic E-state index is 5.81. The highest BCUT2D eigenvalue weighted by atomic mass is 127. The van der Waals surface area contributed by atoms with Crippen molar-refractivity contribution in [2.24, 2.45) is 0 Å². The molecule has 1 aromatic rings. The quantitative estimate of drug-likeness (QED) is 0.525. The lowest BCUT2D eigenvalue weighted by atomic mass is 10.0. The number of halogens is 1. The average Bonchev–Trinajstić information content (AvgIpc) is 2.63. The van der Waals surface area contributed by atoms with Crippen molar-refractivity contribution in [2.45, 2.75) is 19.9 Å². The molecule has 0 bridgehead atoms. The molecule has 1 aliphatic rings. The van der Waals surface area contributed by atoms with Gasteiger partial charge >= 0.3 is 0 Å². The lowest BCUT2D eigenvalue weighted by Gasteiger charge is -2.34. The molecule has 0 N–H and O–H groups in total. The Balaban J connectivity index is 0.00000128. The summed E-state index contributed by atoms with van der Waals surface area (Å²) in [5.74, 6) is 1.11. The van der Waals surface area contributed by atoms with Crippen LogP contribution < -0.4 is 28.7 Å². The highest BCUT2D eigenvalue weighted by Crippen LogP contribution is 2.39. The zero-order valence-corrected chi connectivity index (χ0v) is 12.6. The topological polar surface area (TPSA) is 9.23 Å². The van der Waals surface area contributed by atoms with E-state index < -0.39 is 0 Å². The Morgan fingerprint density at radius 1 is 1.38 bits per heavy atom. The number of aryl methyl sites for hydroxylation is 1. The third kappa shape index (κ3) is 2.20. The van der Waals surface area contributed by atoms with Crippen molar-refractivity contribution in [3.63, 3.8) is 0 Å². The number of hydrogen-bond acceptors (Lipinski definition) is 1. The van der Waals surface area contributed by atoms with E-state index in [9.17, 15) is 0 Å². The van der Waals surface area contributed by atoms with Crippen molar-refractivity contribution in [1.29, 1.82) is 0 Å². The van der Waals surface area contributed by atoms with Gasteiger partial charge in [0.25, 0.3) is 0 Å². The second-order valence-electron chi connectivity index (χ2n) is 4.91. The molecule has 0 spiro atoms. The Hall–Kier alpha value is -0.290. The Morgan fingerprint density at radius 3 is 2.69 bits per heavy atom. The van der Waals surface area contributed by atoms with Gasteiger partial charge in [0.2, 0.25) is 0 Å². The standard InChI is InChI=1S/C13H20NO.HI/c1-5-14(3,4)12-9-15-13-10(2)7-6-8-11(12)13;/h6-8,12H,5,9H2,1-4H3;1H/q+1;/p-1. The molecule has 90 valence electrons. The van der Waals surface area contributed by atoms with Gasteiger partial charge < -0.3 is 33.2 Å². The summed E-state index contributed by atoms with van der Waals surface area (Å²) in [6.07, 6.45) is 0. The Labute approximate surface area is 115 Å². The van der Waals surface area contributed by atoms with Gasteiger partial charge in [-0.05, 0) is 25.5 Å². The first-order valence-corrected chi connectivity index (χ1v) is 5.61. The molecule has 1 heterocycles. The Morgan fingerprint density at radius 2 is 2.06 bits per heavy atom. The summed E-state index contributed by atoms with van der Waals surface area (Å²) in [5.41, 5.74) is 2.63. The largest absolute Gasteiger partial charge is 1.00 e. The van der Waals surface area contributed by atoms with Crippen LogP contribution in [-0.2, 0) is 0 Å². The minimum absolute atomic E-state index is 0. The van der Waals surface area contributed by atoms with Crippen molar-refractivity contribution >= 4 is 0 Å². The van der Waals surface area contributed by atoms with Crippen LogP contribution in [0.1, 0.15) is 24.1 Å². The summed E-state index contributed by atoms with van der Waals surface area (Å²) in [5, 5.41) is 0. The molecule has 0 saturated heterocycles. The first kappa shape index (κ1) is 13.8. The summed E-state index contributed by atoms with van der Waals surface area (Å²) in [6, 6.07) is 6.94. The van der Waals surface area contributed by atoms with Gasteiger partial charge in [-0.1, -0.05) is 12.1 Å². The number of quaternary nitrogens is 1. The van der Waals surface area contributed by atoms with E-state index in [4.69, 9.17) is 4.74 Å². The third-order valence-corrected chi connectivity index (χ3v) is 3.65. The third-order valence-electron chi connectivity index (χ3n) is 3.65. The van der Waals surface area contributed by atoms with Gasteiger partial charge in [-0.3, -0.25) is 0 Å². The fourth-order valence-electron chi connectivity index (χ4n) is 2.19. The lowest BCUT2D eigenvalue weighted by Crippen LogP contribution is -3.00. The zero-order chi connectivity index (χ0) is 11.1. The van der Waals surface area contributed by atoms with Crippen LogP contribution in [0.5, 0.6) is 5.75 Å². The maximum absolute atomic E-state index is 5.81. The number of ether oxygens (including phenoxy) is 1. The molecule has 1 atom stereocenters. The molecule has 1 aromatic carbocycles. The molecule has 0 aliphatic carbocycles. The Kier molecular flexibility index (Phi) is 4.23. The first-order valence-electron chi connectivity index (χ1n) is 5.61. The summed E-state index contributed by atoms with van der Waals surface area (Å²) >= 11 is 0. The average molecular weight is 333 g/mol. The van der Waals surface area contributed by atoms with E-state index in [2.05, 4.69) is 46.1 Å². The van der Waals surface area contributed by atoms with E-state index in [0.717, 1.165) is 23.4 Å². The molecule has 2 rings (SSSR count). The van der Waals surface area contributed by atoms with Crippen LogP contribution in [0.25, 0.3) is 0 Å². The maximum Gasteiger partial charge on any atom is 0.152 e. The smallest absolute Gasteiger partial charge is 0.152 e. The minimum atomic E-state index is 0. The Bertz CT molecular complexity index is 376. The van der Waals surface area contributed by atoms with Crippen LogP contribution in [0.2, 0.25) is 0 Å². The highest BCUT2D eigenvalue weighted by Gasteiger charge is 2.36. The molecular formula is C13H20INO. The second-order valence-corrected chi connectivity index (χ2v) is 4.91. The lowest BCUT2D eigenvalue weighted by molar-refractivity contribution is -0.918. The number of fused-ring (bicyclic) bond motifs is 1. The summed E-state index contributed by atoms with van der Waals surface area (Å²) in [6.45, 7) is 6.30. The molecule has 0 radical (unpaired) electrons. The molecule has 1 unspecified atom stereocenters. The molecule has 1 aliphatic heterocycles. The van der Waals surface area contributed by atoms with Gasteiger partial charge in [-0.15, -0.1) is 0 Å². The summed E-state index contributed by atoms with van der Waals surface area (Å²) in [4.78, 5) is 0. The van der Waals surface area contributed by atoms with Gasteiger partial charge in [-0.2, -0.15) is 0 Å². The summed E-state index contributed by atoms with van der Waals surface area (Å²) in [7, 11) is 4.54. The van der Waals surface area contributed by atoms with Crippen LogP contribution in [0.15, 0.2) is 18.2 Å². The highest BCUT2D eigenvalue weighted by molar-refractivity contribution is 5.44.